The second-order valence-corrected chi connectivity index (χ2v) is 5.60. The average molecular weight is 261 g/mol. The average Bonchev–Trinajstić information content (AvgIpc) is 2.37. The number of carbonyl (C=O) groups excluding carboxylic acids is 1. The van der Waals surface area contributed by atoms with Gasteiger partial charge in [0.05, 0.1) is 0 Å². The van der Waals surface area contributed by atoms with E-state index >= 15 is 0 Å². The summed E-state index contributed by atoms with van der Waals surface area (Å²) < 4.78 is 5.57. The van der Waals surface area contributed by atoms with Crippen LogP contribution >= 0.6 is 0 Å². The van der Waals surface area contributed by atoms with E-state index in [9.17, 15) is 4.79 Å². The summed E-state index contributed by atoms with van der Waals surface area (Å²) in [4.78, 5) is 12.0. The molecule has 104 valence electrons. The Morgan fingerprint density at radius 1 is 1.21 bits per heavy atom. The second-order valence-electron chi connectivity index (χ2n) is 5.60. The van der Waals surface area contributed by atoms with E-state index in [0.717, 1.165) is 36.1 Å². The van der Waals surface area contributed by atoms with E-state index in [-0.39, 0.29) is 12.2 Å². The Morgan fingerprint density at radius 2 is 1.84 bits per heavy atom. The smallest absolute Gasteiger partial charge is 0.411 e. The standard InChI is InChI=1S/C16H23NO2/c1-11-7-4-5-10-14(11)19-16(18)17-15-12(2)8-6-9-13(15)3/h6,8-9,11,14H,4-5,7,10H2,1-3H3,(H,17,18). The van der Waals surface area contributed by atoms with Crippen LogP contribution in [-0.4, -0.2) is 12.2 Å². The first-order valence-electron chi connectivity index (χ1n) is 7.12. The Balaban J connectivity index is 1.97. The highest BCUT2D eigenvalue weighted by atomic mass is 16.6. The molecule has 0 spiro atoms. The normalized spacial score (nSPS) is 22.9. The van der Waals surface area contributed by atoms with Gasteiger partial charge in [-0.15, -0.1) is 0 Å². The summed E-state index contributed by atoms with van der Waals surface area (Å²) in [5.74, 6) is 0.470. The monoisotopic (exact) mass is 261 g/mol. The molecule has 0 radical (unpaired) electrons. The lowest BCUT2D eigenvalue weighted by Crippen LogP contribution is -2.30. The lowest BCUT2D eigenvalue weighted by Gasteiger charge is -2.28. The van der Waals surface area contributed by atoms with Crippen LogP contribution in [0.5, 0.6) is 0 Å². The van der Waals surface area contributed by atoms with Crippen LogP contribution in [0.1, 0.15) is 43.7 Å². The largest absolute Gasteiger partial charge is 0.446 e. The zero-order valence-electron chi connectivity index (χ0n) is 12.0. The predicted molar refractivity (Wildman–Crippen MR) is 77.4 cm³/mol. The summed E-state index contributed by atoms with van der Waals surface area (Å²) in [7, 11) is 0. The van der Waals surface area contributed by atoms with E-state index in [2.05, 4.69) is 12.2 Å². The summed E-state index contributed by atoms with van der Waals surface area (Å²) in [5.41, 5.74) is 3.00. The SMILES string of the molecule is Cc1cccc(C)c1NC(=O)OC1CCCCC1C. The van der Waals surface area contributed by atoms with Crippen LogP contribution in [0.2, 0.25) is 0 Å². The number of benzene rings is 1. The van der Waals surface area contributed by atoms with Gasteiger partial charge in [0.1, 0.15) is 6.10 Å². The van der Waals surface area contributed by atoms with Crippen molar-refractivity contribution in [2.45, 2.75) is 52.6 Å². The van der Waals surface area contributed by atoms with Crippen molar-refractivity contribution in [3.05, 3.63) is 29.3 Å². The van der Waals surface area contributed by atoms with Crippen molar-refractivity contribution in [3.63, 3.8) is 0 Å². The first kappa shape index (κ1) is 13.9. The molecule has 2 atom stereocenters. The number of amides is 1. The fraction of sp³-hybridized carbons (Fsp3) is 0.562. The van der Waals surface area contributed by atoms with Crippen molar-refractivity contribution in [3.8, 4) is 0 Å². The van der Waals surface area contributed by atoms with Crippen molar-refractivity contribution < 1.29 is 9.53 Å². The molecule has 1 fully saturated rings. The maximum absolute atomic E-state index is 12.0. The molecule has 1 saturated carbocycles. The Bertz CT molecular complexity index is 436. The van der Waals surface area contributed by atoms with E-state index < -0.39 is 0 Å². The number of hydrogen-bond acceptors (Lipinski definition) is 2. The molecule has 1 aliphatic rings. The van der Waals surface area contributed by atoms with Gasteiger partial charge in [-0.1, -0.05) is 31.5 Å². The van der Waals surface area contributed by atoms with Crippen LogP contribution in [0.3, 0.4) is 0 Å². The number of para-hydroxylation sites is 1. The summed E-state index contributed by atoms with van der Waals surface area (Å²) >= 11 is 0. The molecule has 1 aliphatic carbocycles. The first-order valence-corrected chi connectivity index (χ1v) is 7.12. The van der Waals surface area contributed by atoms with Crippen molar-refractivity contribution in [2.24, 2.45) is 5.92 Å². The van der Waals surface area contributed by atoms with Crippen molar-refractivity contribution in [2.75, 3.05) is 5.32 Å². The highest BCUT2D eigenvalue weighted by Gasteiger charge is 2.25. The quantitative estimate of drug-likeness (QED) is 0.855. The Hall–Kier alpha value is -1.51. The van der Waals surface area contributed by atoms with Gasteiger partial charge in [-0.05, 0) is 50.2 Å². The van der Waals surface area contributed by atoms with Crippen LogP contribution in [0.4, 0.5) is 10.5 Å². The number of aryl methyl sites for hydroxylation is 2. The number of hydrogen-bond donors (Lipinski definition) is 1. The van der Waals surface area contributed by atoms with Crippen LogP contribution in [0.25, 0.3) is 0 Å². The van der Waals surface area contributed by atoms with E-state index in [0.29, 0.717) is 5.92 Å². The molecular formula is C16H23NO2. The molecule has 0 aliphatic heterocycles. The lowest BCUT2D eigenvalue weighted by molar-refractivity contribution is 0.0524. The molecule has 1 amide bonds. The Labute approximate surface area is 115 Å². The van der Waals surface area contributed by atoms with Gasteiger partial charge in [0, 0.05) is 5.69 Å². The first-order chi connectivity index (χ1) is 9.08. The van der Waals surface area contributed by atoms with Gasteiger partial charge in [-0.25, -0.2) is 4.79 Å². The van der Waals surface area contributed by atoms with E-state index in [4.69, 9.17) is 4.74 Å². The van der Waals surface area contributed by atoms with Crippen LogP contribution in [-0.2, 0) is 4.74 Å². The van der Waals surface area contributed by atoms with Gasteiger partial charge >= 0.3 is 6.09 Å². The lowest BCUT2D eigenvalue weighted by atomic mass is 9.88. The number of nitrogens with one attached hydrogen (secondary N) is 1. The maximum Gasteiger partial charge on any atom is 0.411 e. The van der Waals surface area contributed by atoms with Gasteiger partial charge < -0.3 is 4.74 Å². The van der Waals surface area contributed by atoms with Crippen LogP contribution < -0.4 is 5.32 Å². The highest BCUT2D eigenvalue weighted by molar-refractivity contribution is 5.86. The molecule has 0 heterocycles. The third kappa shape index (κ3) is 3.49. The molecule has 2 rings (SSSR count). The third-order valence-corrected chi connectivity index (χ3v) is 4.00. The molecule has 1 aromatic carbocycles. The molecular weight excluding hydrogens is 238 g/mol. The van der Waals surface area contributed by atoms with E-state index in [1.165, 1.54) is 6.42 Å². The minimum atomic E-state index is -0.323. The van der Waals surface area contributed by atoms with Gasteiger partial charge in [0.25, 0.3) is 0 Å². The number of ether oxygens (including phenoxy) is 1. The molecule has 0 bridgehead atoms. The number of carbonyl (C=O) groups is 1. The fourth-order valence-corrected chi connectivity index (χ4v) is 2.74. The van der Waals surface area contributed by atoms with Crippen LogP contribution in [0.15, 0.2) is 18.2 Å². The van der Waals surface area contributed by atoms with Crippen molar-refractivity contribution in [1.29, 1.82) is 0 Å². The van der Waals surface area contributed by atoms with Gasteiger partial charge in [-0.2, -0.15) is 0 Å². The second kappa shape index (κ2) is 6.09. The zero-order chi connectivity index (χ0) is 13.8. The highest BCUT2D eigenvalue weighted by Crippen LogP contribution is 2.27. The molecule has 0 saturated heterocycles. The molecule has 3 nitrogen and oxygen atoms in total. The molecule has 2 unspecified atom stereocenters. The zero-order valence-corrected chi connectivity index (χ0v) is 12.0. The van der Waals surface area contributed by atoms with E-state index in [1.54, 1.807) is 0 Å². The van der Waals surface area contributed by atoms with Crippen LogP contribution in [0, 0.1) is 19.8 Å². The van der Waals surface area contributed by atoms with Crippen molar-refractivity contribution >= 4 is 11.8 Å². The Morgan fingerprint density at radius 3 is 2.47 bits per heavy atom. The molecule has 1 N–H and O–H groups in total. The minimum Gasteiger partial charge on any atom is -0.446 e. The summed E-state index contributed by atoms with van der Waals surface area (Å²) in [6.07, 6.45) is 4.29. The number of rotatable bonds is 2. The van der Waals surface area contributed by atoms with Gasteiger partial charge in [0.2, 0.25) is 0 Å². The third-order valence-electron chi connectivity index (χ3n) is 4.00. The molecule has 1 aromatic rings. The molecule has 3 heteroatoms. The van der Waals surface area contributed by atoms with Gasteiger partial charge in [0.15, 0.2) is 0 Å². The molecule has 0 aromatic heterocycles. The minimum absolute atomic E-state index is 0.0677. The van der Waals surface area contributed by atoms with Crippen molar-refractivity contribution in [1.82, 2.24) is 0 Å². The maximum atomic E-state index is 12.0. The summed E-state index contributed by atoms with van der Waals surface area (Å²) in [6, 6.07) is 5.97. The fourth-order valence-electron chi connectivity index (χ4n) is 2.74. The summed E-state index contributed by atoms with van der Waals surface area (Å²) in [6.45, 7) is 6.15. The predicted octanol–water partition coefficient (Wildman–Crippen LogP) is 4.43. The topological polar surface area (TPSA) is 38.3 Å². The number of anilines is 1. The molecule has 19 heavy (non-hydrogen) atoms. The van der Waals surface area contributed by atoms with E-state index in [1.807, 2.05) is 32.0 Å². The summed E-state index contributed by atoms with van der Waals surface area (Å²) in [5, 5.41) is 2.89. The Kier molecular flexibility index (Phi) is 4.46. The van der Waals surface area contributed by atoms with Gasteiger partial charge in [-0.3, -0.25) is 5.32 Å².